The average Bonchev–Trinajstić information content (AvgIpc) is 3.29. The van der Waals surface area contributed by atoms with Crippen LogP contribution in [-0.4, -0.2) is 56.5 Å². The van der Waals surface area contributed by atoms with Crippen LogP contribution in [0.25, 0.3) is 0 Å². The van der Waals surface area contributed by atoms with Crippen molar-refractivity contribution in [1.29, 1.82) is 0 Å². The Kier molecular flexibility index (Phi) is 6.63. The number of aliphatic carboxylic acids is 1. The Morgan fingerprint density at radius 3 is 2.39 bits per heavy atom. The summed E-state index contributed by atoms with van der Waals surface area (Å²) in [4.78, 5) is 25.7. The van der Waals surface area contributed by atoms with Crippen LogP contribution in [0.5, 0.6) is 0 Å². The number of carbonyl (C=O) groups excluding carboxylic acids is 1. The Balaban J connectivity index is 0.000000339. The second kappa shape index (κ2) is 9.04. The number of alkyl halides is 3. The summed E-state index contributed by atoms with van der Waals surface area (Å²) in [6.45, 7) is 1.76. The Morgan fingerprint density at radius 2 is 1.84 bits per heavy atom. The van der Waals surface area contributed by atoms with Crippen LogP contribution >= 0.6 is 0 Å². The summed E-state index contributed by atoms with van der Waals surface area (Å²) < 4.78 is 46.6. The summed E-state index contributed by atoms with van der Waals surface area (Å²) in [6.07, 6.45) is 1.01. The number of hydrogen-bond donors (Lipinski definition) is 1. The first kappa shape index (κ1) is 22.7. The van der Waals surface area contributed by atoms with Crippen LogP contribution in [-0.2, 0) is 23.2 Å². The third-order valence-electron chi connectivity index (χ3n) is 5.39. The number of piperidine rings is 1. The molecule has 31 heavy (non-hydrogen) atoms. The summed E-state index contributed by atoms with van der Waals surface area (Å²) in [6, 6.07) is 7.26. The van der Waals surface area contributed by atoms with Gasteiger partial charge in [0, 0.05) is 38.8 Å². The van der Waals surface area contributed by atoms with Gasteiger partial charge in [-0.05, 0) is 30.5 Å². The standard InChI is InChI=1S/C18H21FN4O.C2HF3O2/c1-21-12-15(10-20-21)23-17-8-9-22(16(17)6-7-18(23)24)11-13-2-4-14(19)5-3-13;3-2(4,5)1(6)7/h2-5,10,12,16-17H,6-9,11H2,1H3;(H,6,7)/t16-,17-;/m1./s1. The summed E-state index contributed by atoms with van der Waals surface area (Å²) in [5, 5.41) is 11.3. The van der Waals surface area contributed by atoms with E-state index >= 15 is 0 Å². The number of halogens is 4. The van der Waals surface area contributed by atoms with Gasteiger partial charge >= 0.3 is 12.1 Å². The second-order valence-electron chi connectivity index (χ2n) is 7.50. The van der Waals surface area contributed by atoms with Crippen molar-refractivity contribution in [2.24, 2.45) is 7.05 Å². The number of aryl methyl sites for hydroxylation is 1. The highest BCUT2D eigenvalue weighted by molar-refractivity contribution is 5.94. The predicted molar refractivity (Wildman–Crippen MR) is 103 cm³/mol. The summed E-state index contributed by atoms with van der Waals surface area (Å²) in [5.74, 6) is -2.77. The summed E-state index contributed by atoms with van der Waals surface area (Å²) >= 11 is 0. The number of carbonyl (C=O) groups is 2. The number of fused-ring (bicyclic) bond motifs is 1. The first-order valence-electron chi connectivity index (χ1n) is 9.65. The molecule has 0 spiro atoms. The fourth-order valence-electron chi connectivity index (χ4n) is 4.04. The number of carboxylic acid groups (broad SMARTS) is 1. The smallest absolute Gasteiger partial charge is 0.475 e. The zero-order valence-electron chi connectivity index (χ0n) is 16.7. The van der Waals surface area contributed by atoms with E-state index in [9.17, 15) is 22.4 Å². The fourth-order valence-corrected chi connectivity index (χ4v) is 4.04. The van der Waals surface area contributed by atoms with Crippen molar-refractivity contribution in [3.63, 3.8) is 0 Å². The Bertz CT molecular complexity index is 929. The lowest BCUT2D eigenvalue weighted by Crippen LogP contribution is -2.52. The molecule has 0 bridgehead atoms. The normalized spacial score (nSPS) is 21.5. The largest absolute Gasteiger partial charge is 0.490 e. The maximum absolute atomic E-state index is 13.1. The molecule has 11 heteroatoms. The van der Waals surface area contributed by atoms with E-state index in [1.807, 2.05) is 30.3 Å². The number of rotatable bonds is 3. The van der Waals surface area contributed by atoms with Gasteiger partial charge in [0.05, 0.1) is 17.9 Å². The van der Waals surface area contributed by atoms with E-state index in [0.717, 1.165) is 37.2 Å². The van der Waals surface area contributed by atoms with Crippen LogP contribution in [0.2, 0.25) is 0 Å². The molecule has 0 saturated carbocycles. The van der Waals surface area contributed by atoms with Crippen molar-refractivity contribution in [2.45, 2.75) is 44.1 Å². The number of anilines is 1. The monoisotopic (exact) mass is 442 g/mol. The van der Waals surface area contributed by atoms with Crippen molar-refractivity contribution >= 4 is 17.6 Å². The first-order valence-corrected chi connectivity index (χ1v) is 9.65. The van der Waals surface area contributed by atoms with E-state index in [4.69, 9.17) is 9.90 Å². The van der Waals surface area contributed by atoms with Crippen LogP contribution in [0.1, 0.15) is 24.8 Å². The van der Waals surface area contributed by atoms with Gasteiger partial charge in [-0.1, -0.05) is 12.1 Å². The highest BCUT2D eigenvalue weighted by Crippen LogP contribution is 2.35. The number of benzene rings is 1. The van der Waals surface area contributed by atoms with Crippen molar-refractivity contribution in [1.82, 2.24) is 14.7 Å². The topological polar surface area (TPSA) is 78.7 Å². The number of aromatic nitrogens is 2. The van der Waals surface area contributed by atoms with Gasteiger partial charge in [0.2, 0.25) is 5.91 Å². The molecule has 0 aliphatic carbocycles. The SMILES string of the molecule is Cn1cc(N2C(=O)CC[C@@H]3[C@H]2CCN3Cc2ccc(F)cc2)cn1.O=C(O)C(F)(F)F. The highest BCUT2D eigenvalue weighted by atomic mass is 19.4. The highest BCUT2D eigenvalue weighted by Gasteiger charge is 2.43. The van der Waals surface area contributed by atoms with Crippen LogP contribution in [0, 0.1) is 5.82 Å². The molecule has 7 nitrogen and oxygen atoms in total. The molecule has 168 valence electrons. The van der Waals surface area contributed by atoms with E-state index in [0.29, 0.717) is 12.5 Å². The van der Waals surface area contributed by atoms with Gasteiger partial charge in [-0.3, -0.25) is 14.4 Å². The van der Waals surface area contributed by atoms with Crippen molar-refractivity contribution in [3.8, 4) is 0 Å². The van der Waals surface area contributed by atoms with E-state index in [-0.39, 0.29) is 17.8 Å². The molecule has 1 amide bonds. The van der Waals surface area contributed by atoms with Gasteiger partial charge in [0.25, 0.3) is 0 Å². The van der Waals surface area contributed by atoms with Gasteiger partial charge in [-0.25, -0.2) is 9.18 Å². The van der Waals surface area contributed by atoms with E-state index in [2.05, 4.69) is 10.00 Å². The molecule has 2 aromatic rings. The van der Waals surface area contributed by atoms with Crippen LogP contribution in [0.3, 0.4) is 0 Å². The van der Waals surface area contributed by atoms with Gasteiger partial charge in [-0.2, -0.15) is 18.3 Å². The fraction of sp³-hybridized carbons (Fsp3) is 0.450. The number of likely N-dealkylation sites (tertiary alicyclic amines) is 1. The quantitative estimate of drug-likeness (QED) is 0.740. The summed E-state index contributed by atoms with van der Waals surface area (Å²) in [7, 11) is 1.87. The van der Waals surface area contributed by atoms with Gasteiger partial charge < -0.3 is 10.0 Å². The number of amides is 1. The molecule has 2 aliphatic heterocycles. The molecule has 2 atom stereocenters. The van der Waals surface area contributed by atoms with Crippen molar-refractivity contribution in [2.75, 3.05) is 11.4 Å². The van der Waals surface area contributed by atoms with Gasteiger partial charge in [0.1, 0.15) is 5.82 Å². The van der Waals surface area contributed by atoms with Crippen LogP contribution in [0.4, 0.5) is 23.2 Å². The molecule has 4 rings (SSSR count). The molecule has 2 saturated heterocycles. The molecule has 2 fully saturated rings. The lowest BCUT2D eigenvalue weighted by atomic mass is 9.95. The van der Waals surface area contributed by atoms with Crippen molar-refractivity contribution in [3.05, 3.63) is 48.0 Å². The molecule has 0 radical (unpaired) electrons. The number of hydrogen-bond acceptors (Lipinski definition) is 4. The number of nitrogens with zero attached hydrogens (tertiary/aromatic N) is 4. The Hall–Kier alpha value is -2.95. The molecule has 1 N–H and O–H groups in total. The molecular weight excluding hydrogens is 420 g/mol. The summed E-state index contributed by atoms with van der Waals surface area (Å²) in [5.41, 5.74) is 2.00. The molecule has 0 unspecified atom stereocenters. The maximum atomic E-state index is 13.1. The Labute approximate surface area is 175 Å². The minimum Gasteiger partial charge on any atom is -0.475 e. The van der Waals surface area contributed by atoms with Gasteiger partial charge in [0.15, 0.2) is 0 Å². The first-order chi connectivity index (χ1) is 14.6. The zero-order chi connectivity index (χ0) is 22.8. The lowest BCUT2D eigenvalue weighted by molar-refractivity contribution is -0.192. The van der Waals surface area contributed by atoms with Crippen molar-refractivity contribution < 1.29 is 32.3 Å². The minimum atomic E-state index is -5.08. The van der Waals surface area contributed by atoms with Crippen LogP contribution in [0.15, 0.2) is 36.7 Å². The van der Waals surface area contributed by atoms with E-state index in [1.54, 1.807) is 10.9 Å². The molecule has 1 aromatic carbocycles. The predicted octanol–water partition coefficient (Wildman–Crippen LogP) is 2.96. The van der Waals surface area contributed by atoms with E-state index < -0.39 is 12.1 Å². The molecular formula is C20H22F4N4O3. The van der Waals surface area contributed by atoms with Crippen LogP contribution < -0.4 is 4.90 Å². The third-order valence-corrected chi connectivity index (χ3v) is 5.39. The van der Waals surface area contributed by atoms with E-state index in [1.165, 1.54) is 12.1 Å². The maximum Gasteiger partial charge on any atom is 0.490 e. The zero-order valence-corrected chi connectivity index (χ0v) is 16.7. The third kappa shape index (κ3) is 5.40. The minimum absolute atomic E-state index is 0.188. The second-order valence-corrected chi connectivity index (χ2v) is 7.50. The molecule has 1 aromatic heterocycles. The van der Waals surface area contributed by atoms with Gasteiger partial charge in [-0.15, -0.1) is 0 Å². The lowest BCUT2D eigenvalue weighted by Gasteiger charge is -2.39. The molecule has 2 aliphatic rings. The average molecular weight is 442 g/mol. The molecule has 3 heterocycles. The number of carboxylic acids is 1. The Morgan fingerprint density at radius 1 is 1.19 bits per heavy atom.